The maximum absolute atomic E-state index is 14.2. The highest BCUT2D eigenvalue weighted by Crippen LogP contribution is 2.39. The number of hydrogen-bond acceptors (Lipinski definition) is 7. The largest absolute Gasteiger partial charge is 0.375 e. The zero-order valence-corrected chi connectivity index (χ0v) is 30.6. The number of fused-ring (bicyclic) bond motifs is 2. The van der Waals surface area contributed by atoms with Crippen LogP contribution in [0.25, 0.3) is 10.9 Å². The Kier molecular flexibility index (Phi) is 13.0. The van der Waals surface area contributed by atoms with Crippen molar-refractivity contribution >= 4 is 34.4 Å². The standard InChI is InChI=1S/C41H55N5O5/c1-5-51-37(26-46-25-30-17-10-9-16-29(30)22-35(46)40(50)45-41(2,3)4)34(21-27-13-7-6-8-14-27)44-39(49)31(24-38(42)48)23-36(47)33-20-19-28-15-11-12-18-32(28)43-33/h6-8,11-15,18-20,29-31,34-35,37H,5,9-10,16-17,21-26H2,1-4H3,(H2,42,48)(H,44,49)(H,45,50). The van der Waals surface area contributed by atoms with Crippen molar-refractivity contribution in [2.45, 2.75) is 103 Å². The van der Waals surface area contributed by atoms with E-state index in [0.717, 1.165) is 36.8 Å². The fourth-order valence-electron chi connectivity index (χ4n) is 7.86. The minimum absolute atomic E-state index is 0.0211. The molecule has 1 aliphatic carbocycles. The van der Waals surface area contributed by atoms with Gasteiger partial charge in [0.25, 0.3) is 0 Å². The molecule has 10 heteroatoms. The second-order valence-corrected chi connectivity index (χ2v) is 15.4. The summed E-state index contributed by atoms with van der Waals surface area (Å²) in [5.74, 6) is -1.40. The number of ether oxygens (including phenoxy) is 1. The van der Waals surface area contributed by atoms with Crippen LogP contribution in [-0.4, -0.2) is 76.8 Å². The number of carbonyl (C=O) groups is 4. The molecule has 2 heterocycles. The van der Waals surface area contributed by atoms with Gasteiger partial charge < -0.3 is 21.1 Å². The number of nitrogens with two attached hydrogens (primary N) is 1. The molecule has 0 radical (unpaired) electrons. The van der Waals surface area contributed by atoms with Gasteiger partial charge in [0.2, 0.25) is 17.7 Å². The van der Waals surface area contributed by atoms with E-state index in [1.54, 1.807) is 6.07 Å². The van der Waals surface area contributed by atoms with E-state index in [0.29, 0.717) is 36.9 Å². The predicted molar refractivity (Wildman–Crippen MR) is 199 cm³/mol. The van der Waals surface area contributed by atoms with E-state index in [2.05, 4.69) is 20.5 Å². The van der Waals surface area contributed by atoms with E-state index in [9.17, 15) is 19.2 Å². The maximum Gasteiger partial charge on any atom is 0.237 e. The van der Waals surface area contributed by atoms with E-state index in [1.807, 2.05) is 88.4 Å². The van der Waals surface area contributed by atoms with Crippen molar-refractivity contribution in [1.29, 1.82) is 0 Å². The van der Waals surface area contributed by atoms with Crippen LogP contribution < -0.4 is 16.4 Å². The van der Waals surface area contributed by atoms with Gasteiger partial charge >= 0.3 is 0 Å². The molecule has 5 rings (SSSR count). The van der Waals surface area contributed by atoms with Crippen LogP contribution >= 0.6 is 0 Å². The van der Waals surface area contributed by atoms with Gasteiger partial charge in [-0.3, -0.25) is 24.1 Å². The number of benzene rings is 2. The molecule has 1 aromatic heterocycles. The van der Waals surface area contributed by atoms with Crippen LogP contribution in [0.15, 0.2) is 66.7 Å². The molecule has 6 atom stereocenters. The molecule has 3 amide bonds. The van der Waals surface area contributed by atoms with Gasteiger partial charge in [0.1, 0.15) is 5.69 Å². The average Bonchev–Trinajstić information content (AvgIpc) is 3.09. The molecule has 6 unspecified atom stereocenters. The molecule has 0 bridgehead atoms. The summed E-state index contributed by atoms with van der Waals surface area (Å²) < 4.78 is 6.44. The third-order valence-electron chi connectivity index (χ3n) is 10.3. The van der Waals surface area contributed by atoms with Crippen molar-refractivity contribution in [3.63, 3.8) is 0 Å². The fraction of sp³-hybridized carbons (Fsp3) is 0.537. The zero-order valence-electron chi connectivity index (χ0n) is 30.6. The molecule has 2 aromatic carbocycles. The van der Waals surface area contributed by atoms with Crippen molar-refractivity contribution < 1.29 is 23.9 Å². The van der Waals surface area contributed by atoms with Gasteiger partial charge in [-0.15, -0.1) is 0 Å². The zero-order chi connectivity index (χ0) is 36.5. The van der Waals surface area contributed by atoms with Gasteiger partial charge in [0.05, 0.1) is 29.6 Å². The first kappa shape index (κ1) is 38.1. The number of rotatable bonds is 15. The number of pyridine rings is 1. The second kappa shape index (κ2) is 17.4. The van der Waals surface area contributed by atoms with Gasteiger partial charge in [-0.25, -0.2) is 4.98 Å². The molecule has 1 saturated heterocycles. The summed E-state index contributed by atoms with van der Waals surface area (Å²) in [4.78, 5) is 60.5. The van der Waals surface area contributed by atoms with Crippen LogP contribution in [-0.2, 0) is 25.5 Å². The number of carbonyl (C=O) groups excluding carboxylic acids is 4. The summed E-state index contributed by atoms with van der Waals surface area (Å²) in [6.07, 6.45) is 4.97. The number of piperidine rings is 1. The Morgan fingerprint density at radius 1 is 0.941 bits per heavy atom. The van der Waals surface area contributed by atoms with Crippen molar-refractivity contribution in [1.82, 2.24) is 20.5 Å². The Hall–Kier alpha value is -4.15. The minimum Gasteiger partial charge on any atom is -0.375 e. The van der Waals surface area contributed by atoms with E-state index in [-0.39, 0.29) is 41.8 Å². The van der Waals surface area contributed by atoms with Crippen molar-refractivity contribution in [2.75, 3.05) is 19.7 Å². The quantitative estimate of drug-likeness (QED) is 0.185. The normalized spacial score (nSPS) is 21.2. The van der Waals surface area contributed by atoms with Gasteiger partial charge in [-0.1, -0.05) is 73.9 Å². The second-order valence-electron chi connectivity index (χ2n) is 15.4. The first-order chi connectivity index (χ1) is 24.4. The Balaban J connectivity index is 1.40. The molecule has 274 valence electrons. The summed E-state index contributed by atoms with van der Waals surface area (Å²) in [6.45, 7) is 9.56. The molecular weight excluding hydrogens is 642 g/mol. The van der Waals surface area contributed by atoms with Gasteiger partial charge in [-0.05, 0) is 76.5 Å². The summed E-state index contributed by atoms with van der Waals surface area (Å²) in [7, 11) is 0. The van der Waals surface area contributed by atoms with Crippen molar-refractivity contribution in [3.05, 3.63) is 78.0 Å². The lowest BCUT2D eigenvalue weighted by atomic mass is 9.72. The highest BCUT2D eigenvalue weighted by molar-refractivity contribution is 5.99. The van der Waals surface area contributed by atoms with E-state index < -0.39 is 29.9 Å². The minimum atomic E-state index is -0.993. The van der Waals surface area contributed by atoms with E-state index in [4.69, 9.17) is 10.5 Å². The lowest BCUT2D eigenvalue weighted by molar-refractivity contribution is -0.134. The molecular formula is C41H55N5O5. The lowest BCUT2D eigenvalue weighted by Gasteiger charge is -2.47. The Morgan fingerprint density at radius 3 is 2.35 bits per heavy atom. The third-order valence-corrected chi connectivity index (χ3v) is 10.3. The highest BCUT2D eigenvalue weighted by atomic mass is 16.5. The van der Waals surface area contributed by atoms with Gasteiger partial charge in [0, 0.05) is 43.5 Å². The van der Waals surface area contributed by atoms with Crippen molar-refractivity contribution in [3.8, 4) is 0 Å². The third kappa shape index (κ3) is 10.7. The topological polar surface area (TPSA) is 144 Å². The summed E-state index contributed by atoms with van der Waals surface area (Å²) in [6, 6.07) is 20.0. The number of aromatic nitrogens is 1. The molecule has 1 aliphatic heterocycles. The van der Waals surface area contributed by atoms with Crippen LogP contribution in [0.3, 0.4) is 0 Å². The molecule has 0 spiro atoms. The number of hydrogen-bond donors (Lipinski definition) is 3. The Labute approximate surface area is 302 Å². The number of likely N-dealkylation sites (tertiary alicyclic amines) is 1. The number of nitrogens with one attached hydrogen (secondary N) is 2. The van der Waals surface area contributed by atoms with Gasteiger partial charge in [-0.2, -0.15) is 0 Å². The lowest BCUT2D eigenvalue weighted by Crippen LogP contribution is -2.61. The number of primary amides is 1. The number of nitrogens with zero attached hydrogens (tertiary/aromatic N) is 2. The van der Waals surface area contributed by atoms with Crippen LogP contribution in [0, 0.1) is 17.8 Å². The number of ketones is 1. The van der Waals surface area contributed by atoms with E-state index in [1.165, 1.54) is 12.8 Å². The molecule has 4 N–H and O–H groups in total. The molecule has 2 fully saturated rings. The predicted octanol–water partition coefficient (Wildman–Crippen LogP) is 5.23. The van der Waals surface area contributed by atoms with Crippen LogP contribution in [0.2, 0.25) is 0 Å². The van der Waals surface area contributed by atoms with Crippen LogP contribution in [0.4, 0.5) is 0 Å². The molecule has 3 aromatic rings. The summed E-state index contributed by atoms with van der Waals surface area (Å²) in [5.41, 5.74) is 7.17. The summed E-state index contributed by atoms with van der Waals surface area (Å²) >= 11 is 0. The number of para-hydroxylation sites is 1. The Bertz CT molecular complexity index is 1660. The first-order valence-electron chi connectivity index (χ1n) is 18.6. The molecule has 10 nitrogen and oxygen atoms in total. The smallest absolute Gasteiger partial charge is 0.237 e. The monoisotopic (exact) mass is 697 g/mol. The highest BCUT2D eigenvalue weighted by Gasteiger charge is 2.42. The summed E-state index contributed by atoms with van der Waals surface area (Å²) in [5, 5.41) is 7.32. The van der Waals surface area contributed by atoms with Crippen LogP contribution in [0.1, 0.15) is 88.7 Å². The molecule has 51 heavy (non-hydrogen) atoms. The first-order valence-corrected chi connectivity index (χ1v) is 18.6. The Morgan fingerprint density at radius 2 is 1.65 bits per heavy atom. The van der Waals surface area contributed by atoms with E-state index >= 15 is 0 Å². The van der Waals surface area contributed by atoms with Gasteiger partial charge in [0.15, 0.2) is 5.78 Å². The molecule has 2 aliphatic rings. The maximum atomic E-state index is 14.2. The molecule has 1 saturated carbocycles. The SMILES string of the molecule is CCOC(CN1CC2CCCCC2CC1C(=O)NC(C)(C)C)C(Cc1ccccc1)NC(=O)C(CC(N)=O)CC(=O)c1ccc2ccccc2n1. The van der Waals surface area contributed by atoms with Crippen LogP contribution in [0.5, 0.6) is 0 Å². The van der Waals surface area contributed by atoms with Crippen molar-refractivity contribution in [2.24, 2.45) is 23.5 Å². The number of Topliss-reactive ketones (excluding diaryl/α,β-unsaturated/α-hetero) is 1. The average molecular weight is 698 g/mol. The fourth-order valence-corrected chi connectivity index (χ4v) is 7.86. The number of amides is 3.